The summed E-state index contributed by atoms with van der Waals surface area (Å²) in [5.74, 6) is 2.87. The van der Waals surface area contributed by atoms with Gasteiger partial charge in [0, 0.05) is 18.9 Å². The maximum atomic E-state index is 11.9. The fourth-order valence-corrected chi connectivity index (χ4v) is 3.44. The maximum absolute atomic E-state index is 11.9. The minimum atomic E-state index is 0.170. The third kappa shape index (κ3) is 4.70. The largest absolute Gasteiger partial charge is 0.490 e. The number of ether oxygens (including phenoxy) is 2. The van der Waals surface area contributed by atoms with Crippen LogP contribution in [0.25, 0.3) is 11.0 Å². The zero-order valence-electron chi connectivity index (χ0n) is 16.8. The van der Waals surface area contributed by atoms with Crippen LogP contribution < -0.4 is 14.8 Å². The number of hydrogen-bond acceptors (Lipinski definition) is 4. The lowest BCUT2D eigenvalue weighted by Gasteiger charge is -2.13. The molecule has 1 amide bonds. The first-order chi connectivity index (χ1) is 14.3. The molecule has 152 valence electrons. The van der Waals surface area contributed by atoms with Gasteiger partial charge in [-0.25, -0.2) is 4.98 Å². The molecule has 1 N–H and O–H groups in total. The number of rotatable bonds is 10. The minimum absolute atomic E-state index is 0.170. The van der Waals surface area contributed by atoms with Crippen LogP contribution in [0.15, 0.2) is 48.5 Å². The highest BCUT2D eigenvalue weighted by atomic mass is 16.5. The average molecular weight is 393 g/mol. The highest BCUT2D eigenvalue weighted by molar-refractivity contribution is 5.80. The fraction of sp³-hybridized carbons (Fsp3) is 0.391. The van der Waals surface area contributed by atoms with E-state index in [4.69, 9.17) is 14.5 Å². The average Bonchev–Trinajstić information content (AvgIpc) is 3.53. The summed E-state index contributed by atoms with van der Waals surface area (Å²) in [4.78, 5) is 16.7. The van der Waals surface area contributed by atoms with Gasteiger partial charge in [-0.15, -0.1) is 0 Å². The van der Waals surface area contributed by atoms with Gasteiger partial charge < -0.3 is 19.4 Å². The molecule has 0 spiro atoms. The van der Waals surface area contributed by atoms with Crippen LogP contribution in [0, 0.1) is 5.92 Å². The molecule has 0 aliphatic heterocycles. The molecule has 1 aliphatic rings. The van der Waals surface area contributed by atoms with E-state index in [9.17, 15) is 4.79 Å². The smallest absolute Gasteiger partial charge is 0.223 e. The van der Waals surface area contributed by atoms with Crippen LogP contribution in [0.3, 0.4) is 0 Å². The molecule has 4 rings (SSSR count). The Balaban J connectivity index is 1.43. The summed E-state index contributed by atoms with van der Waals surface area (Å²) < 4.78 is 13.8. The molecule has 6 nitrogen and oxygen atoms in total. The standard InChI is InChI=1S/C23H27N3O3/c1-2-28-20-9-5-6-10-21(20)29-16-15-26-19-8-4-3-7-18(19)25-22(26)13-14-24-23(27)17-11-12-17/h3-10,17H,2,11-16H2,1H3,(H,24,27). The number of carbonyl (C=O) groups excluding carboxylic acids is 1. The van der Waals surface area contributed by atoms with Gasteiger partial charge in [-0.2, -0.15) is 0 Å². The fourth-order valence-electron chi connectivity index (χ4n) is 3.44. The van der Waals surface area contributed by atoms with Gasteiger partial charge in [0.25, 0.3) is 0 Å². The summed E-state index contributed by atoms with van der Waals surface area (Å²) in [5.41, 5.74) is 2.04. The van der Waals surface area contributed by atoms with E-state index < -0.39 is 0 Å². The van der Waals surface area contributed by atoms with Crippen LogP contribution >= 0.6 is 0 Å². The molecule has 0 atom stereocenters. The number of aromatic nitrogens is 2. The molecule has 1 heterocycles. The Bertz CT molecular complexity index is 978. The van der Waals surface area contributed by atoms with Crippen LogP contribution in [0.2, 0.25) is 0 Å². The van der Waals surface area contributed by atoms with Crippen molar-refractivity contribution in [3.63, 3.8) is 0 Å². The van der Waals surface area contributed by atoms with E-state index in [1.165, 1.54) is 0 Å². The molecule has 0 bridgehead atoms. The minimum Gasteiger partial charge on any atom is -0.490 e. The van der Waals surface area contributed by atoms with E-state index in [0.717, 1.165) is 41.2 Å². The number of imidazole rings is 1. The molecule has 1 fully saturated rings. The Morgan fingerprint density at radius 1 is 1.10 bits per heavy atom. The zero-order chi connectivity index (χ0) is 20.1. The molecule has 0 saturated heterocycles. The Morgan fingerprint density at radius 3 is 2.59 bits per heavy atom. The Kier molecular flexibility index (Phi) is 5.98. The van der Waals surface area contributed by atoms with Crippen molar-refractivity contribution in [2.75, 3.05) is 19.8 Å². The van der Waals surface area contributed by atoms with Crippen molar-refractivity contribution >= 4 is 16.9 Å². The van der Waals surface area contributed by atoms with Crippen molar-refractivity contribution in [1.82, 2.24) is 14.9 Å². The Morgan fingerprint density at radius 2 is 1.83 bits per heavy atom. The van der Waals surface area contributed by atoms with Gasteiger partial charge in [0.1, 0.15) is 12.4 Å². The quantitative estimate of drug-likeness (QED) is 0.572. The number of amides is 1. The second-order valence-electron chi connectivity index (χ2n) is 7.21. The molecule has 6 heteroatoms. The molecule has 3 aromatic rings. The third-order valence-corrected chi connectivity index (χ3v) is 5.05. The van der Waals surface area contributed by atoms with Crippen molar-refractivity contribution in [3.8, 4) is 11.5 Å². The first kappa shape index (κ1) is 19.3. The number of hydrogen-bond donors (Lipinski definition) is 1. The monoisotopic (exact) mass is 393 g/mol. The summed E-state index contributed by atoms with van der Waals surface area (Å²) >= 11 is 0. The van der Waals surface area contributed by atoms with Gasteiger partial charge in [-0.3, -0.25) is 4.79 Å². The van der Waals surface area contributed by atoms with Crippen LogP contribution in [-0.2, 0) is 17.8 Å². The van der Waals surface area contributed by atoms with Crippen molar-refractivity contribution < 1.29 is 14.3 Å². The highest BCUT2D eigenvalue weighted by Gasteiger charge is 2.29. The normalized spacial score (nSPS) is 13.4. The third-order valence-electron chi connectivity index (χ3n) is 5.05. The molecule has 29 heavy (non-hydrogen) atoms. The van der Waals surface area contributed by atoms with E-state index in [2.05, 4.69) is 16.0 Å². The first-order valence-corrected chi connectivity index (χ1v) is 10.3. The predicted molar refractivity (Wildman–Crippen MR) is 112 cm³/mol. The Hall–Kier alpha value is -3.02. The van der Waals surface area contributed by atoms with Gasteiger partial charge in [0.2, 0.25) is 5.91 Å². The lowest BCUT2D eigenvalue weighted by atomic mass is 10.3. The number of nitrogens with one attached hydrogen (secondary N) is 1. The predicted octanol–water partition coefficient (Wildman–Crippen LogP) is 3.58. The van der Waals surface area contributed by atoms with Gasteiger partial charge in [-0.05, 0) is 44.0 Å². The SMILES string of the molecule is CCOc1ccccc1OCCn1c(CCNC(=O)C2CC2)nc2ccccc21. The van der Waals surface area contributed by atoms with Crippen LogP contribution in [0.1, 0.15) is 25.6 Å². The van der Waals surface area contributed by atoms with E-state index in [1.54, 1.807) is 0 Å². The highest BCUT2D eigenvalue weighted by Crippen LogP contribution is 2.29. The van der Waals surface area contributed by atoms with E-state index in [0.29, 0.717) is 32.7 Å². The molecule has 1 aromatic heterocycles. The van der Waals surface area contributed by atoms with Crippen molar-refractivity contribution in [2.45, 2.75) is 32.7 Å². The number of nitrogens with zero attached hydrogens (tertiary/aromatic N) is 2. The zero-order valence-corrected chi connectivity index (χ0v) is 16.8. The topological polar surface area (TPSA) is 65.4 Å². The summed E-state index contributed by atoms with van der Waals surface area (Å²) in [6.45, 7) is 4.34. The molecule has 2 aromatic carbocycles. The van der Waals surface area contributed by atoms with Crippen molar-refractivity contribution in [1.29, 1.82) is 0 Å². The lowest BCUT2D eigenvalue weighted by Crippen LogP contribution is -2.27. The molecule has 0 unspecified atom stereocenters. The summed E-state index contributed by atoms with van der Waals surface area (Å²) in [7, 11) is 0. The van der Waals surface area contributed by atoms with Crippen molar-refractivity contribution in [3.05, 3.63) is 54.4 Å². The lowest BCUT2D eigenvalue weighted by molar-refractivity contribution is -0.122. The number of para-hydroxylation sites is 4. The number of benzene rings is 2. The van der Waals surface area contributed by atoms with E-state index >= 15 is 0 Å². The number of fused-ring (bicyclic) bond motifs is 1. The summed E-state index contributed by atoms with van der Waals surface area (Å²) in [6.07, 6.45) is 2.73. The molecule has 0 radical (unpaired) electrons. The van der Waals surface area contributed by atoms with Gasteiger partial charge in [0.15, 0.2) is 11.5 Å². The second-order valence-corrected chi connectivity index (χ2v) is 7.21. The van der Waals surface area contributed by atoms with Crippen LogP contribution in [0.4, 0.5) is 0 Å². The summed E-state index contributed by atoms with van der Waals surface area (Å²) in [6, 6.07) is 15.8. The van der Waals surface area contributed by atoms with Crippen molar-refractivity contribution in [2.24, 2.45) is 5.92 Å². The number of carbonyl (C=O) groups is 1. The van der Waals surface area contributed by atoms with Gasteiger partial charge >= 0.3 is 0 Å². The van der Waals surface area contributed by atoms with E-state index in [1.807, 2.05) is 49.4 Å². The second kappa shape index (κ2) is 8.99. The maximum Gasteiger partial charge on any atom is 0.223 e. The molecular formula is C23H27N3O3. The molecule has 1 saturated carbocycles. The van der Waals surface area contributed by atoms with Gasteiger partial charge in [0.05, 0.1) is 24.2 Å². The molecular weight excluding hydrogens is 366 g/mol. The molecule has 1 aliphatic carbocycles. The van der Waals surface area contributed by atoms with Crippen LogP contribution in [-0.4, -0.2) is 35.2 Å². The van der Waals surface area contributed by atoms with Gasteiger partial charge in [-0.1, -0.05) is 24.3 Å². The van der Waals surface area contributed by atoms with Crippen LogP contribution in [0.5, 0.6) is 11.5 Å². The van der Waals surface area contributed by atoms with E-state index in [-0.39, 0.29) is 11.8 Å². The Labute approximate surface area is 170 Å². The summed E-state index contributed by atoms with van der Waals surface area (Å²) in [5, 5.41) is 3.03. The first-order valence-electron chi connectivity index (χ1n) is 10.3.